The van der Waals surface area contributed by atoms with Crippen molar-refractivity contribution in [3.8, 4) is 0 Å². The Morgan fingerprint density at radius 1 is 1.06 bits per heavy atom. The molecule has 31 heavy (non-hydrogen) atoms. The second kappa shape index (κ2) is 8.81. The number of carbonyl (C=O) groups is 4. The standard InChI is InChI=1S/C22H17BN2O5S/c23-22(29)24-16-19(27)25-17(15(11-26)12-31-20(16)25)21(28)30-18(13-7-3-1-4-8-13)14-9-5-2-6-10-14/h1-12,16-18,20H,(H,24,29). The van der Waals surface area contributed by atoms with Gasteiger partial charge in [0.2, 0.25) is 13.8 Å². The number of nitrogens with zero attached hydrogens (tertiary/aromatic N) is 1. The van der Waals surface area contributed by atoms with Crippen LogP contribution in [0.3, 0.4) is 0 Å². The molecule has 2 radical (unpaired) electrons. The molecule has 0 saturated carbocycles. The van der Waals surface area contributed by atoms with Crippen molar-refractivity contribution in [2.24, 2.45) is 0 Å². The predicted octanol–water partition coefficient (Wildman–Crippen LogP) is 1.93. The fraction of sp³-hybridized carbons (Fsp3) is 0.182. The van der Waals surface area contributed by atoms with E-state index in [1.807, 2.05) is 60.7 Å². The van der Waals surface area contributed by atoms with Crippen LogP contribution in [0.25, 0.3) is 0 Å². The normalized spacial score (nSPS) is 22.1. The van der Waals surface area contributed by atoms with Crippen molar-refractivity contribution in [1.82, 2.24) is 10.2 Å². The zero-order chi connectivity index (χ0) is 22.0. The highest BCUT2D eigenvalue weighted by atomic mass is 32.2. The molecule has 0 bridgehead atoms. The molecule has 0 aromatic heterocycles. The summed E-state index contributed by atoms with van der Waals surface area (Å²) in [5, 5.41) is 3.34. The van der Waals surface area contributed by atoms with Crippen molar-refractivity contribution in [3.63, 3.8) is 0 Å². The fourth-order valence-electron chi connectivity index (χ4n) is 3.67. The van der Waals surface area contributed by atoms with Crippen molar-refractivity contribution < 1.29 is 23.9 Å². The molecule has 9 heteroatoms. The molecule has 2 aliphatic heterocycles. The van der Waals surface area contributed by atoms with E-state index in [-0.39, 0.29) is 5.57 Å². The number of benzene rings is 2. The molecule has 3 unspecified atom stereocenters. The minimum absolute atomic E-state index is 0.122. The van der Waals surface area contributed by atoms with Gasteiger partial charge in [0.05, 0.1) is 0 Å². The molecule has 4 rings (SSSR count). The number of esters is 1. The predicted molar refractivity (Wildman–Crippen MR) is 115 cm³/mol. The van der Waals surface area contributed by atoms with E-state index in [2.05, 4.69) is 5.32 Å². The molecule has 7 nitrogen and oxygen atoms in total. The summed E-state index contributed by atoms with van der Waals surface area (Å²) in [7, 11) is 5.14. The van der Waals surface area contributed by atoms with Crippen LogP contribution in [0.15, 0.2) is 71.6 Å². The summed E-state index contributed by atoms with van der Waals surface area (Å²) >= 11 is 1.17. The van der Waals surface area contributed by atoms with E-state index in [4.69, 9.17) is 12.6 Å². The van der Waals surface area contributed by atoms with Gasteiger partial charge in [0, 0.05) is 5.57 Å². The number of carbonyl (C=O) groups excluding carboxylic acids is 4. The first-order valence-electron chi connectivity index (χ1n) is 9.50. The first kappa shape index (κ1) is 20.9. The maximum atomic E-state index is 13.3. The van der Waals surface area contributed by atoms with E-state index >= 15 is 0 Å². The Bertz CT molecular complexity index is 1010. The Hall–Kier alpha value is -3.33. The van der Waals surface area contributed by atoms with E-state index in [0.717, 1.165) is 11.1 Å². The van der Waals surface area contributed by atoms with E-state index < -0.39 is 41.2 Å². The highest BCUT2D eigenvalue weighted by molar-refractivity contribution is 8.03. The Morgan fingerprint density at radius 3 is 2.16 bits per heavy atom. The lowest BCUT2D eigenvalue weighted by Gasteiger charge is -2.51. The summed E-state index contributed by atoms with van der Waals surface area (Å²) < 4.78 is 5.86. The van der Waals surface area contributed by atoms with Crippen LogP contribution in [0.5, 0.6) is 0 Å². The van der Waals surface area contributed by atoms with Gasteiger partial charge in [-0.15, -0.1) is 11.8 Å². The molecule has 1 N–H and O–H groups in total. The number of aldehydes is 1. The van der Waals surface area contributed by atoms with Crippen LogP contribution in [0.1, 0.15) is 17.2 Å². The largest absolute Gasteiger partial charge is 0.451 e. The highest BCUT2D eigenvalue weighted by Crippen LogP contribution is 2.40. The third kappa shape index (κ3) is 4.01. The minimum atomic E-state index is -1.20. The van der Waals surface area contributed by atoms with Crippen LogP contribution in [-0.2, 0) is 19.1 Å². The van der Waals surface area contributed by atoms with E-state index in [9.17, 15) is 19.2 Å². The van der Waals surface area contributed by atoms with Crippen molar-refractivity contribution in [2.75, 3.05) is 0 Å². The van der Waals surface area contributed by atoms with Gasteiger partial charge in [-0.25, -0.2) is 4.79 Å². The van der Waals surface area contributed by atoms with Crippen LogP contribution in [-0.4, -0.2) is 54.2 Å². The van der Waals surface area contributed by atoms with E-state index in [1.165, 1.54) is 22.1 Å². The van der Waals surface area contributed by atoms with Gasteiger partial charge in [0.15, 0.2) is 18.0 Å². The average Bonchev–Trinajstić information content (AvgIpc) is 2.80. The first-order valence-corrected chi connectivity index (χ1v) is 10.4. The lowest BCUT2D eigenvalue weighted by molar-refractivity contribution is -0.164. The number of hydrogen-bond donors (Lipinski definition) is 1. The molecule has 0 aliphatic carbocycles. The second-order valence-electron chi connectivity index (χ2n) is 7.03. The molecule has 2 amide bonds. The smallest absolute Gasteiger partial charge is 0.334 e. The fourth-order valence-corrected chi connectivity index (χ4v) is 4.85. The van der Waals surface area contributed by atoms with Crippen molar-refractivity contribution in [3.05, 3.63) is 82.8 Å². The van der Waals surface area contributed by atoms with Gasteiger partial charge in [-0.1, -0.05) is 60.7 Å². The summed E-state index contributed by atoms with van der Waals surface area (Å²) in [6.45, 7) is 0. The molecule has 1 fully saturated rings. The van der Waals surface area contributed by atoms with Gasteiger partial charge < -0.3 is 15.0 Å². The maximum Gasteiger partial charge on any atom is 0.334 e. The summed E-state index contributed by atoms with van der Waals surface area (Å²) in [4.78, 5) is 49.9. The van der Waals surface area contributed by atoms with Crippen LogP contribution in [0.4, 0.5) is 4.79 Å². The molecular weight excluding hydrogens is 415 g/mol. The highest BCUT2D eigenvalue weighted by Gasteiger charge is 2.56. The number of thioether (sulfide) groups is 1. The minimum Gasteiger partial charge on any atom is -0.451 e. The van der Waals surface area contributed by atoms with Gasteiger partial charge in [-0.2, -0.15) is 0 Å². The van der Waals surface area contributed by atoms with Crippen molar-refractivity contribution >= 4 is 43.6 Å². The Labute approximate surface area is 184 Å². The molecule has 2 aromatic carbocycles. The molecule has 2 heterocycles. The Kier molecular flexibility index (Phi) is 5.95. The lowest BCUT2D eigenvalue weighted by atomic mass is 9.96. The van der Waals surface area contributed by atoms with Gasteiger partial charge in [-0.05, 0) is 16.5 Å². The Morgan fingerprint density at radius 2 is 1.65 bits per heavy atom. The average molecular weight is 432 g/mol. The second-order valence-corrected chi connectivity index (χ2v) is 8.03. The number of ether oxygens (including phenoxy) is 1. The number of hydrogen-bond acceptors (Lipinski definition) is 6. The SMILES string of the molecule is [B]C(=O)NC1C(=O)N2C(C(=O)OC(c3ccccc3)c3ccccc3)C(C=O)=CSC12. The molecule has 154 valence electrons. The van der Waals surface area contributed by atoms with Crippen molar-refractivity contribution in [1.29, 1.82) is 0 Å². The van der Waals surface area contributed by atoms with Crippen LogP contribution >= 0.6 is 11.8 Å². The van der Waals surface area contributed by atoms with Crippen molar-refractivity contribution in [2.45, 2.75) is 23.6 Å². The molecule has 2 aliphatic rings. The topological polar surface area (TPSA) is 92.8 Å². The number of nitrogens with one attached hydrogen (secondary N) is 1. The monoisotopic (exact) mass is 432 g/mol. The first-order chi connectivity index (χ1) is 15.0. The summed E-state index contributed by atoms with van der Waals surface area (Å²) in [6, 6.07) is 16.3. The zero-order valence-corrected chi connectivity index (χ0v) is 17.0. The third-order valence-electron chi connectivity index (χ3n) is 5.11. The molecule has 1 saturated heterocycles. The van der Waals surface area contributed by atoms with Gasteiger partial charge in [-0.3, -0.25) is 14.4 Å². The summed E-state index contributed by atoms with van der Waals surface area (Å²) in [5.41, 5.74) is 1.63. The number of β-lactam (4-membered cyclic amide) rings is 1. The van der Waals surface area contributed by atoms with E-state index in [0.29, 0.717) is 6.29 Å². The summed E-state index contributed by atoms with van der Waals surface area (Å²) in [5.74, 6) is -2.06. The van der Waals surface area contributed by atoms with Crippen LogP contribution in [0.2, 0.25) is 0 Å². The van der Waals surface area contributed by atoms with Crippen LogP contribution < -0.4 is 5.32 Å². The van der Waals surface area contributed by atoms with E-state index in [1.54, 1.807) is 0 Å². The quantitative estimate of drug-likeness (QED) is 0.325. The van der Waals surface area contributed by atoms with Gasteiger partial charge in [0.1, 0.15) is 17.7 Å². The van der Waals surface area contributed by atoms with Gasteiger partial charge in [0.25, 0.3) is 0 Å². The third-order valence-corrected chi connectivity index (χ3v) is 6.30. The summed E-state index contributed by atoms with van der Waals surface area (Å²) in [6.07, 6.45) is -0.177. The molecular formula is C22H17BN2O5S. The Balaban J connectivity index is 1.63. The molecule has 2 aromatic rings. The molecule has 3 atom stereocenters. The number of rotatable bonds is 6. The lowest BCUT2D eigenvalue weighted by Crippen LogP contribution is -2.74. The van der Waals surface area contributed by atoms with Crippen LogP contribution in [0, 0.1) is 0 Å². The molecule has 0 spiro atoms. The van der Waals surface area contributed by atoms with Gasteiger partial charge >= 0.3 is 5.97 Å². The zero-order valence-electron chi connectivity index (χ0n) is 16.2. The number of fused-ring (bicyclic) bond motifs is 1. The maximum absolute atomic E-state index is 13.3. The number of amides is 2.